The lowest BCUT2D eigenvalue weighted by atomic mass is 10.3. The largest absolute Gasteiger partial charge is 0.494 e. The highest BCUT2D eigenvalue weighted by atomic mass is 16.5. The highest BCUT2D eigenvalue weighted by molar-refractivity contribution is 5.92. The summed E-state index contributed by atoms with van der Waals surface area (Å²) in [5.74, 6) is 1.24. The molecule has 0 fully saturated rings. The third kappa shape index (κ3) is 5.48. The SMILES string of the molecule is CCCCOc1cccc(NC(=O)COc2ccccc2)c1. The number of amides is 1. The standard InChI is InChI=1S/C18H21NO3/c1-2-3-12-21-17-11-7-8-15(13-17)19-18(20)14-22-16-9-5-4-6-10-16/h4-11,13H,2-3,12,14H2,1H3,(H,19,20). The maximum Gasteiger partial charge on any atom is 0.262 e. The highest BCUT2D eigenvalue weighted by Crippen LogP contribution is 2.17. The van der Waals surface area contributed by atoms with Gasteiger partial charge in [-0.1, -0.05) is 37.6 Å². The molecule has 2 aromatic carbocycles. The van der Waals surface area contributed by atoms with Gasteiger partial charge in [0.25, 0.3) is 5.91 Å². The predicted molar refractivity (Wildman–Crippen MR) is 87.4 cm³/mol. The Morgan fingerprint density at radius 1 is 1.00 bits per heavy atom. The summed E-state index contributed by atoms with van der Waals surface area (Å²) in [7, 11) is 0. The van der Waals surface area contributed by atoms with Gasteiger partial charge in [-0.2, -0.15) is 0 Å². The second-order valence-corrected chi connectivity index (χ2v) is 4.88. The van der Waals surface area contributed by atoms with E-state index in [0.717, 1.165) is 18.6 Å². The molecule has 2 rings (SSSR count). The Morgan fingerprint density at radius 2 is 1.77 bits per heavy atom. The number of carbonyl (C=O) groups is 1. The normalized spacial score (nSPS) is 10.0. The van der Waals surface area contributed by atoms with Crippen molar-refractivity contribution in [2.45, 2.75) is 19.8 Å². The molecule has 0 unspecified atom stereocenters. The first kappa shape index (κ1) is 15.9. The van der Waals surface area contributed by atoms with Crippen molar-refractivity contribution in [2.75, 3.05) is 18.5 Å². The molecule has 0 aliphatic rings. The van der Waals surface area contributed by atoms with E-state index in [9.17, 15) is 4.79 Å². The van der Waals surface area contributed by atoms with Gasteiger partial charge in [-0.3, -0.25) is 4.79 Å². The molecule has 4 heteroatoms. The van der Waals surface area contributed by atoms with Crippen molar-refractivity contribution >= 4 is 11.6 Å². The molecule has 0 aliphatic heterocycles. The lowest BCUT2D eigenvalue weighted by Gasteiger charge is -2.09. The molecule has 1 amide bonds. The number of para-hydroxylation sites is 1. The minimum atomic E-state index is -0.199. The highest BCUT2D eigenvalue weighted by Gasteiger charge is 2.04. The quantitative estimate of drug-likeness (QED) is 0.752. The minimum absolute atomic E-state index is 0.0229. The summed E-state index contributed by atoms with van der Waals surface area (Å²) in [5.41, 5.74) is 0.704. The number of hydrogen-bond donors (Lipinski definition) is 1. The molecule has 0 bridgehead atoms. The third-order valence-electron chi connectivity index (χ3n) is 3.00. The fraction of sp³-hybridized carbons (Fsp3) is 0.278. The molecule has 0 saturated carbocycles. The molecule has 22 heavy (non-hydrogen) atoms. The summed E-state index contributed by atoms with van der Waals surface area (Å²) < 4.78 is 11.0. The molecule has 2 aromatic rings. The van der Waals surface area contributed by atoms with Gasteiger partial charge < -0.3 is 14.8 Å². The molecule has 4 nitrogen and oxygen atoms in total. The molecule has 1 N–H and O–H groups in total. The van der Waals surface area contributed by atoms with E-state index in [1.807, 2.05) is 54.6 Å². The summed E-state index contributed by atoms with van der Waals surface area (Å²) in [6.45, 7) is 2.78. The van der Waals surface area contributed by atoms with Crippen molar-refractivity contribution in [3.05, 3.63) is 54.6 Å². The molecule has 0 saturated heterocycles. The minimum Gasteiger partial charge on any atom is -0.494 e. The second-order valence-electron chi connectivity index (χ2n) is 4.88. The summed E-state index contributed by atoms with van der Waals surface area (Å²) in [6, 6.07) is 16.6. The van der Waals surface area contributed by atoms with Crippen molar-refractivity contribution in [2.24, 2.45) is 0 Å². The van der Waals surface area contributed by atoms with Crippen LogP contribution < -0.4 is 14.8 Å². The van der Waals surface area contributed by atoms with Gasteiger partial charge in [0, 0.05) is 11.8 Å². The van der Waals surface area contributed by atoms with E-state index in [1.54, 1.807) is 0 Å². The van der Waals surface area contributed by atoms with Gasteiger partial charge in [0.1, 0.15) is 11.5 Å². The fourth-order valence-electron chi connectivity index (χ4n) is 1.86. The van der Waals surface area contributed by atoms with E-state index in [1.165, 1.54) is 0 Å². The van der Waals surface area contributed by atoms with Crippen molar-refractivity contribution < 1.29 is 14.3 Å². The number of benzene rings is 2. The molecule has 0 radical (unpaired) electrons. The first-order valence-corrected chi connectivity index (χ1v) is 7.48. The number of carbonyl (C=O) groups excluding carboxylic acids is 1. The van der Waals surface area contributed by atoms with Crippen LogP contribution in [0.25, 0.3) is 0 Å². The van der Waals surface area contributed by atoms with Gasteiger partial charge in [0.15, 0.2) is 6.61 Å². The molecule has 0 spiro atoms. The van der Waals surface area contributed by atoms with Crippen molar-refractivity contribution in [3.8, 4) is 11.5 Å². The van der Waals surface area contributed by atoms with Crippen molar-refractivity contribution in [1.29, 1.82) is 0 Å². The van der Waals surface area contributed by atoms with Crippen LogP contribution in [0.2, 0.25) is 0 Å². The van der Waals surface area contributed by atoms with Gasteiger partial charge in [-0.25, -0.2) is 0 Å². The van der Waals surface area contributed by atoms with Crippen molar-refractivity contribution in [3.63, 3.8) is 0 Å². The number of ether oxygens (including phenoxy) is 2. The van der Waals surface area contributed by atoms with E-state index in [0.29, 0.717) is 18.0 Å². The monoisotopic (exact) mass is 299 g/mol. The van der Waals surface area contributed by atoms with Gasteiger partial charge >= 0.3 is 0 Å². The number of hydrogen-bond acceptors (Lipinski definition) is 3. The maximum absolute atomic E-state index is 11.9. The Hall–Kier alpha value is -2.49. The van der Waals surface area contributed by atoms with E-state index < -0.39 is 0 Å². The molecule has 0 aromatic heterocycles. The average molecular weight is 299 g/mol. The number of unbranched alkanes of at least 4 members (excludes halogenated alkanes) is 1. The van der Waals surface area contributed by atoms with Crippen molar-refractivity contribution in [1.82, 2.24) is 0 Å². The summed E-state index contributed by atoms with van der Waals surface area (Å²) in [4.78, 5) is 11.9. The molecule has 0 aliphatic carbocycles. The number of anilines is 1. The third-order valence-corrected chi connectivity index (χ3v) is 3.00. The first-order chi connectivity index (χ1) is 10.8. The van der Waals surface area contributed by atoms with Crippen LogP contribution >= 0.6 is 0 Å². The predicted octanol–water partition coefficient (Wildman–Crippen LogP) is 3.88. The number of nitrogens with one attached hydrogen (secondary N) is 1. The van der Waals surface area contributed by atoms with Crippen LogP contribution in [0.5, 0.6) is 11.5 Å². The molecule has 116 valence electrons. The van der Waals surface area contributed by atoms with E-state index in [-0.39, 0.29) is 12.5 Å². The Kier molecular flexibility index (Phi) is 6.30. The average Bonchev–Trinajstić information content (AvgIpc) is 2.55. The van der Waals surface area contributed by atoms with E-state index >= 15 is 0 Å². The molecule has 0 atom stereocenters. The Morgan fingerprint density at radius 3 is 2.55 bits per heavy atom. The Balaban J connectivity index is 1.82. The van der Waals surface area contributed by atoms with Crippen LogP contribution in [0, 0.1) is 0 Å². The van der Waals surface area contributed by atoms with E-state index in [2.05, 4.69) is 12.2 Å². The lowest BCUT2D eigenvalue weighted by molar-refractivity contribution is -0.118. The molecular formula is C18H21NO3. The van der Waals surface area contributed by atoms with Gasteiger partial charge in [-0.05, 0) is 30.7 Å². The van der Waals surface area contributed by atoms with Gasteiger partial charge in [0.2, 0.25) is 0 Å². The van der Waals surface area contributed by atoms with E-state index in [4.69, 9.17) is 9.47 Å². The zero-order valence-electron chi connectivity index (χ0n) is 12.7. The molecular weight excluding hydrogens is 278 g/mol. The topological polar surface area (TPSA) is 47.6 Å². The van der Waals surface area contributed by atoms with Crippen LogP contribution in [0.3, 0.4) is 0 Å². The zero-order chi connectivity index (χ0) is 15.6. The Labute approximate surface area is 131 Å². The first-order valence-electron chi connectivity index (χ1n) is 7.48. The Bertz CT molecular complexity index is 584. The zero-order valence-corrected chi connectivity index (χ0v) is 12.7. The summed E-state index contributed by atoms with van der Waals surface area (Å²) >= 11 is 0. The van der Waals surface area contributed by atoms with Crippen LogP contribution in [0.15, 0.2) is 54.6 Å². The fourth-order valence-corrected chi connectivity index (χ4v) is 1.86. The smallest absolute Gasteiger partial charge is 0.262 e. The second kappa shape index (κ2) is 8.72. The van der Waals surface area contributed by atoms with Crippen LogP contribution in [-0.4, -0.2) is 19.1 Å². The van der Waals surface area contributed by atoms with Gasteiger partial charge in [-0.15, -0.1) is 0 Å². The van der Waals surface area contributed by atoms with Gasteiger partial charge in [0.05, 0.1) is 6.61 Å². The maximum atomic E-state index is 11.9. The summed E-state index contributed by atoms with van der Waals surface area (Å²) in [6.07, 6.45) is 2.11. The lowest BCUT2D eigenvalue weighted by Crippen LogP contribution is -2.20. The number of rotatable bonds is 8. The van der Waals surface area contributed by atoms with Crippen LogP contribution in [-0.2, 0) is 4.79 Å². The van der Waals surface area contributed by atoms with Crippen LogP contribution in [0.1, 0.15) is 19.8 Å². The van der Waals surface area contributed by atoms with Crippen LogP contribution in [0.4, 0.5) is 5.69 Å². The summed E-state index contributed by atoms with van der Waals surface area (Å²) in [5, 5.41) is 2.80. The molecule has 0 heterocycles.